The molecule has 1 atom stereocenters. The van der Waals surface area contributed by atoms with E-state index in [9.17, 15) is 4.79 Å². The van der Waals surface area contributed by atoms with Gasteiger partial charge < -0.3 is 0 Å². The predicted molar refractivity (Wildman–Crippen MR) is 60.1 cm³/mol. The number of halogens is 1. The van der Waals surface area contributed by atoms with Crippen molar-refractivity contribution in [2.24, 2.45) is 5.92 Å². The van der Waals surface area contributed by atoms with Gasteiger partial charge in [0, 0.05) is 19.7 Å². The minimum atomic E-state index is 0.0395. The number of rotatable bonds is 0. The lowest BCUT2D eigenvalue weighted by Crippen LogP contribution is -2.38. The second-order valence-corrected chi connectivity index (χ2v) is 4.51. The highest BCUT2D eigenvalue weighted by molar-refractivity contribution is 6.30. The van der Waals surface area contributed by atoms with Crippen molar-refractivity contribution in [3.8, 4) is 0 Å². The first-order valence-corrected chi connectivity index (χ1v) is 5.38. The zero-order valence-electron chi connectivity index (χ0n) is 8.83. The zero-order valence-corrected chi connectivity index (χ0v) is 9.58. The smallest absolute Gasteiger partial charge is 0.225 e. The van der Waals surface area contributed by atoms with E-state index in [0.717, 1.165) is 24.3 Å². The quantitative estimate of drug-likeness (QED) is 0.678. The molecule has 0 saturated carbocycles. The Hall–Kier alpha value is -1.09. The van der Waals surface area contributed by atoms with E-state index in [1.54, 1.807) is 18.0 Å². The molecule has 15 heavy (non-hydrogen) atoms. The molecule has 1 aliphatic rings. The van der Waals surface area contributed by atoms with Gasteiger partial charge in [-0.15, -0.1) is 0 Å². The Kier molecular flexibility index (Phi) is 2.65. The molecular weight excluding hydrogens is 212 g/mol. The standard InChI is InChI=1S/C11H13ClN2O/c1-7-3-9-4-10(12)5-13-11(9)14(6-7)8(2)15/h4-5,7H,3,6H2,1-2H3. The van der Waals surface area contributed by atoms with Gasteiger partial charge in [0.2, 0.25) is 5.91 Å². The third-order valence-electron chi connectivity index (χ3n) is 2.61. The zero-order chi connectivity index (χ0) is 11.0. The van der Waals surface area contributed by atoms with Crippen LogP contribution in [0.1, 0.15) is 19.4 Å². The lowest BCUT2D eigenvalue weighted by Gasteiger charge is -2.31. The van der Waals surface area contributed by atoms with Crippen molar-refractivity contribution in [3.63, 3.8) is 0 Å². The van der Waals surface area contributed by atoms with Gasteiger partial charge in [-0.05, 0) is 24.0 Å². The van der Waals surface area contributed by atoms with E-state index in [2.05, 4.69) is 11.9 Å². The van der Waals surface area contributed by atoms with Gasteiger partial charge in [-0.25, -0.2) is 4.98 Å². The van der Waals surface area contributed by atoms with E-state index < -0.39 is 0 Å². The maximum Gasteiger partial charge on any atom is 0.225 e. The van der Waals surface area contributed by atoms with Crippen molar-refractivity contribution in [3.05, 3.63) is 22.8 Å². The van der Waals surface area contributed by atoms with Crippen molar-refractivity contribution in [1.29, 1.82) is 0 Å². The fraction of sp³-hybridized carbons (Fsp3) is 0.455. The number of nitrogens with zero attached hydrogens (tertiary/aromatic N) is 2. The maximum absolute atomic E-state index is 11.4. The van der Waals surface area contributed by atoms with Gasteiger partial charge in [0.15, 0.2) is 0 Å². The van der Waals surface area contributed by atoms with E-state index in [-0.39, 0.29) is 5.91 Å². The molecule has 0 aromatic carbocycles. The molecule has 1 aromatic heterocycles. The summed E-state index contributed by atoms with van der Waals surface area (Å²) in [6.07, 6.45) is 2.53. The summed E-state index contributed by atoms with van der Waals surface area (Å²) in [6.45, 7) is 4.44. The van der Waals surface area contributed by atoms with E-state index >= 15 is 0 Å². The summed E-state index contributed by atoms with van der Waals surface area (Å²) in [4.78, 5) is 17.4. The molecule has 1 aliphatic heterocycles. The second-order valence-electron chi connectivity index (χ2n) is 4.08. The summed E-state index contributed by atoms with van der Waals surface area (Å²) in [5, 5.41) is 0.631. The minimum absolute atomic E-state index is 0.0395. The van der Waals surface area contributed by atoms with E-state index in [1.807, 2.05) is 6.07 Å². The Morgan fingerprint density at radius 1 is 1.67 bits per heavy atom. The molecule has 0 aliphatic carbocycles. The molecule has 0 fully saturated rings. The van der Waals surface area contributed by atoms with Crippen LogP contribution in [0.2, 0.25) is 5.02 Å². The molecule has 2 rings (SSSR count). The number of hydrogen-bond acceptors (Lipinski definition) is 2. The minimum Gasteiger partial charge on any atom is -0.297 e. The lowest BCUT2D eigenvalue weighted by atomic mass is 9.96. The van der Waals surface area contributed by atoms with E-state index in [0.29, 0.717) is 10.9 Å². The fourth-order valence-electron chi connectivity index (χ4n) is 1.98. The third-order valence-corrected chi connectivity index (χ3v) is 2.81. The van der Waals surface area contributed by atoms with Crippen LogP contribution in [0.3, 0.4) is 0 Å². The summed E-state index contributed by atoms with van der Waals surface area (Å²) in [7, 11) is 0. The second kappa shape index (κ2) is 3.81. The number of aromatic nitrogens is 1. The molecule has 0 bridgehead atoms. The molecule has 0 saturated heterocycles. The fourth-order valence-corrected chi connectivity index (χ4v) is 2.16. The van der Waals surface area contributed by atoms with Crippen LogP contribution in [-0.4, -0.2) is 17.4 Å². The van der Waals surface area contributed by atoms with Crippen molar-refractivity contribution >= 4 is 23.3 Å². The molecule has 1 amide bonds. The molecule has 4 heteroatoms. The molecule has 2 heterocycles. The first kappa shape index (κ1) is 10.4. The van der Waals surface area contributed by atoms with Gasteiger partial charge in [0.1, 0.15) is 5.82 Å². The van der Waals surface area contributed by atoms with Gasteiger partial charge in [-0.1, -0.05) is 18.5 Å². The molecule has 0 spiro atoms. The largest absolute Gasteiger partial charge is 0.297 e. The monoisotopic (exact) mass is 224 g/mol. The molecular formula is C11H13ClN2O. The topological polar surface area (TPSA) is 33.2 Å². The summed E-state index contributed by atoms with van der Waals surface area (Å²) >= 11 is 5.89. The Morgan fingerprint density at radius 3 is 3.07 bits per heavy atom. The molecule has 0 N–H and O–H groups in total. The van der Waals surface area contributed by atoms with Crippen LogP contribution in [0.15, 0.2) is 12.3 Å². The van der Waals surface area contributed by atoms with Gasteiger partial charge in [0.05, 0.1) is 5.02 Å². The van der Waals surface area contributed by atoms with Crippen LogP contribution in [-0.2, 0) is 11.2 Å². The first-order chi connectivity index (χ1) is 7.08. The average molecular weight is 225 g/mol. The number of pyridine rings is 1. The number of amides is 1. The highest BCUT2D eigenvalue weighted by Crippen LogP contribution is 2.29. The Morgan fingerprint density at radius 2 is 2.40 bits per heavy atom. The first-order valence-electron chi connectivity index (χ1n) is 5.00. The van der Waals surface area contributed by atoms with Crippen molar-refractivity contribution < 1.29 is 4.79 Å². The maximum atomic E-state index is 11.4. The van der Waals surface area contributed by atoms with Crippen LogP contribution in [0.25, 0.3) is 0 Å². The third kappa shape index (κ3) is 1.97. The molecule has 3 nitrogen and oxygen atoms in total. The summed E-state index contributed by atoms with van der Waals surface area (Å²) in [6, 6.07) is 1.90. The predicted octanol–water partition coefficient (Wildman–Crippen LogP) is 2.28. The summed E-state index contributed by atoms with van der Waals surface area (Å²) in [5.74, 6) is 1.27. The van der Waals surface area contributed by atoms with Crippen LogP contribution >= 0.6 is 11.6 Å². The average Bonchev–Trinajstić information content (AvgIpc) is 2.15. The Labute approximate surface area is 94.1 Å². The highest BCUT2D eigenvalue weighted by atomic mass is 35.5. The van der Waals surface area contributed by atoms with Crippen LogP contribution in [0.5, 0.6) is 0 Å². The SMILES string of the molecule is CC(=O)N1CC(C)Cc2cc(Cl)cnc21. The van der Waals surface area contributed by atoms with Crippen molar-refractivity contribution in [2.75, 3.05) is 11.4 Å². The molecule has 1 aromatic rings. The molecule has 0 radical (unpaired) electrons. The summed E-state index contributed by atoms with van der Waals surface area (Å²) in [5.41, 5.74) is 1.07. The number of fused-ring (bicyclic) bond motifs is 1. The van der Waals surface area contributed by atoms with Crippen molar-refractivity contribution in [2.45, 2.75) is 20.3 Å². The number of hydrogen-bond donors (Lipinski definition) is 0. The van der Waals surface area contributed by atoms with Crippen molar-refractivity contribution in [1.82, 2.24) is 4.98 Å². The van der Waals surface area contributed by atoms with Crippen LogP contribution in [0, 0.1) is 5.92 Å². The number of anilines is 1. The van der Waals surface area contributed by atoms with E-state index in [4.69, 9.17) is 11.6 Å². The van der Waals surface area contributed by atoms with Gasteiger partial charge in [-0.3, -0.25) is 9.69 Å². The van der Waals surface area contributed by atoms with Gasteiger partial charge in [-0.2, -0.15) is 0 Å². The van der Waals surface area contributed by atoms with Gasteiger partial charge >= 0.3 is 0 Å². The Balaban J connectivity index is 2.46. The van der Waals surface area contributed by atoms with Crippen LogP contribution in [0.4, 0.5) is 5.82 Å². The number of carbonyl (C=O) groups is 1. The Bertz CT molecular complexity index is 406. The summed E-state index contributed by atoms with van der Waals surface area (Å²) < 4.78 is 0. The van der Waals surface area contributed by atoms with Crippen LogP contribution < -0.4 is 4.90 Å². The molecule has 80 valence electrons. The lowest BCUT2D eigenvalue weighted by molar-refractivity contribution is -0.116. The molecule has 1 unspecified atom stereocenters. The number of carbonyl (C=O) groups excluding carboxylic acids is 1. The highest BCUT2D eigenvalue weighted by Gasteiger charge is 2.25. The van der Waals surface area contributed by atoms with E-state index in [1.165, 1.54) is 0 Å². The van der Waals surface area contributed by atoms with Gasteiger partial charge in [0.25, 0.3) is 0 Å². The normalized spacial score (nSPS) is 19.9.